The molecule has 0 saturated heterocycles. The first-order valence-electron chi connectivity index (χ1n) is 11.9. The number of benzene rings is 1. The summed E-state index contributed by atoms with van der Waals surface area (Å²) in [6, 6.07) is 11.5. The average molecular weight is 383 g/mol. The molecule has 0 spiro atoms. The zero-order valence-corrected chi connectivity index (χ0v) is 19.6. The molecule has 8 atom stereocenters. The molecule has 0 aromatic heterocycles. The van der Waals surface area contributed by atoms with Crippen molar-refractivity contribution in [3.8, 4) is 0 Å². The van der Waals surface area contributed by atoms with Crippen LogP contribution in [0.25, 0.3) is 0 Å². The van der Waals surface area contributed by atoms with Gasteiger partial charge in [-0.05, 0) is 70.9 Å². The molecule has 27 heavy (non-hydrogen) atoms. The first-order chi connectivity index (χ1) is 12.8. The Kier molecular flexibility index (Phi) is 5.38. The monoisotopic (exact) mass is 382 g/mol. The second kappa shape index (κ2) is 7.36. The topological polar surface area (TPSA) is 0 Å². The van der Waals surface area contributed by atoms with Crippen molar-refractivity contribution in [3.05, 3.63) is 35.9 Å². The molecule has 3 aliphatic carbocycles. The van der Waals surface area contributed by atoms with Crippen molar-refractivity contribution in [1.82, 2.24) is 0 Å². The van der Waals surface area contributed by atoms with Gasteiger partial charge in [0, 0.05) is 0 Å². The molecule has 0 heterocycles. The van der Waals surface area contributed by atoms with Crippen LogP contribution in [0.3, 0.4) is 0 Å². The van der Waals surface area contributed by atoms with Gasteiger partial charge in [-0.25, -0.2) is 0 Å². The van der Waals surface area contributed by atoms with Crippen molar-refractivity contribution in [2.24, 2.45) is 35.5 Å². The Balaban J connectivity index is 1.58. The van der Waals surface area contributed by atoms with E-state index in [1.807, 2.05) is 0 Å². The zero-order chi connectivity index (χ0) is 19.3. The third-order valence-corrected chi connectivity index (χ3v) is 15.5. The van der Waals surface area contributed by atoms with Crippen LogP contribution in [0, 0.1) is 35.5 Å². The van der Waals surface area contributed by atoms with Crippen LogP contribution in [0.15, 0.2) is 30.3 Å². The van der Waals surface area contributed by atoms with Gasteiger partial charge < -0.3 is 0 Å². The highest BCUT2D eigenvalue weighted by Gasteiger charge is 2.56. The summed E-state index contributed by atoms with van der Waals surface area (Å²) in [5, 5.41) is 0. The highest BCUT2D eigenvalue weighted by Crippen LogP contribution is 2.63. The number of fused-ring (bicyclic) bond motifs is 1. The van der Waals surface area contributed by atoms with Crippen molar-refractivity contribution >= 4 is 8.07 Å². The maximum absolute atomic E-state index is 2.80. The normalized spacial score (nSPS) is 45.0. The fraction of sp³-hybridized carbons (Fsp3) is 0.769. The minimum Gasteiger partial charge on any atom is -0.0689 e. The summed E-state index contributed by atoms with van der Waals surface area (Å²) in [5.74, 6) is 6.54. The molecular weight excluding hydrogens is 340 g/mol. The van der Waals surface area contributed by atoms with Gasteiger partial charge in [0.2, 0.25) is 0 Å². The molecule has 0 nitrogen and oxygen atoms in total. The van der Waals surface area contributed by atoms with Crippen LogP contribution < -0.4 is 0 Å². The molecule has 150 valence electrons. The Morgan fingerprint density at radius 2 is 1.33 bits per heavy atom. The van der Waals surface area contributed by atoms with Crippen LogP contribution in [-0.4, -0.2) is 8.07 Å². The molecule has 0 bridgehead atoms. The van der Waals surface area contributed by atoms with Crippen LogP contribution >= 0.6 is 0 Å². The van der Waals surface area contributed by atoms with E-state index in [0.29, 0.717) is 0 Å². The van der Waals surface area contributed by atoms with E-state index in [1.165, 1.54) is 32.1 Å². The van der Waals surface area contributed by atoms with E-state index in [4.69, 9.17) is 0 Å². The lowest BCUT2D eigenvalue weighted by molar-refractivity contribution is 0.235. The third kappa shape index (κ3) is 3.17. The summed E-state index contributed by atoms with van der Waals surface area (Å²) < 4.78 is 0. The maximum Gasteiger partial charge on any atom is 0.0544 e. The van der Waals surface area contributed by atoms with Crippen LogP contribution in [0.5, 0.6) is 0 Å². The van der Waals surface area contributed by atoms with E-state index in [1.54, 1.807) is 5.56 Å². The molecule has 3 saturated carbocycles. The molecule has 0 N–H and O–H groups in total. The minimum atomic E-state index is -1.29. The number of hydrogen-bond donors (Lipinski definition) is 0. The Morgan fingerprint density at radius 1 is 0.704 bits per heavy atom. The SMILES string of the molecule is CC1C(C)C(C)C([Si](C)(C)C2CCC3C(c4ccccc4)CCCC32)C1C. The van der Waals surface area contributed by atoms with Crippen molar-refractivity contribution < 1.29 is 0 Å². The van der Waals surface area contributed by atoms with E-state index in [2.05, 4.69) is 71.1 Å². The predicted molar refractivity (Wildman–Crippen MR) is 121 cm³/mol. The Hall–Kier alpha value is -0.563. The summed E-state index contributed by atoms with van der Waals surface area (Å²) in [4.78, 5) is 0. The van der Waals surface area contributed by atoms with Crippen molar-refractivity contribution in [2.45, 2.75) is 89.9 Å². The second-order valence-corrected chi connectivity index (χ2v) is 16.3. The lowest BCUT2D eigenvalue weighted by Gasteiger charge is -2.46. The molecule has 8 unspecified atom stereocenters. The predicted octanol–water partition coefficient (Wildman–Crippen LogP) is 7.99. The molecular formula is C26H42Si. The summed E-state index contributed by atoms with van der Waals surface area (Å²) in [6.07, 6.45) is 7.46. The fourth-order valence-electron chi connectivity index (χ4n) is 8.53. The lowest BCUT2D eigenvalue weighted by Crippen LogP contribution is -2.44. The van der Waals surface area contributed by atoms with Crippen LogP contribution in [-0.2, 0) is 0 Å². The van der Waals surface area contributed by atoms with Crippen molar-refractivity contribution in [3.63, 3.8) is 0 Å². The van der Waals surface area contributed by atoms with Gasteiger partial charge in [0.15, 0.2) is 0 Å². The standard InChI is InChI=1S/C26H42Si/c1-17-18(2)20(4)26(19(17)3)27(5,6)25-16-15-23-22(13-10-14-24(23)25)21-11-8-7-9-12-21/h7-9,11-12,17-20,22-26H,10,13-16H2,1-6H3. The minimum absolute atomic E-state index is 0.844. The molecule has 4 rings (SSSR count). The van der Waals surface area contributed by atoms with E-state index in [0.717, 1.165) is 52.5 Å². The van der Waals surface area contributed by atoms with Gasteiger partial charge in [0.1, 0.15) is 0 Å². The largest absolute Gasteiger partial charge is 0.0689 e. The Morgan fingerprint density at radius 3 is 1.96 bits per heavy atom. The maximum atomic E-state index is 2.80. The van der Waals surface area contributed by atoms with Gasteiger partial charge in [0.25, 0.3) is 0 Å². The van der Waals surface area contributed by atoms with Gasteiger partial charge in [-0.2, -0.15) is 0 Å². The Bertz CT molecular complexity index is 621. The summed E-state index contributed by atoms with van der Waals surface area (Å²) in [7, 11) is -1.29. The first-order valence-corrected chi connectivity index (χ1v) is 15.0. The fourth-order valence-corrected chi connectivity index (χ4v) is 14.8. The lowest BCUT2D eigenvalue weighted by atomic mass is 9.71. The molecule has 1 heteroatoms. The summed E-state index contributed by atoms with van der Waals surface area (Å²) >= 11 is 0. The average Bonchev–Trinajstić information content (AvgIpc) is 3.19. The van der Waals surface area contributed by atoms with E-state index < -0.39 is 8.07 Å². The molecule has 0 amide bonds. The first kappa shape index (κ1) is 19.7. The smallest absolute Gasteiger partial charge is 0.0544 e. The van der Waals surface area contributed by atoms with Crippen LogP contribution in [0.1, 0.15) is 71.3 Å². The second-order valence-electron chi connectivity index (χ2n) is 11.2. The highest BCUT2D eigenvalue weighted by molar-refractivity contribution is 6.80. The zero-order valence-electron chi connectivity index (χ0n) is 18.6. The van der Waals surface area contributed by atoms with E-state index in [-0.39, 0.29) is 0 Å². The molecule has 3 fully saturated rings. The Labute approximate surface area is 169 Å². The van der Waals surface area contributed by atoms with E-state index in [9.17, 15) is 0 Å². The number of hydrogen-bond acceptors (Lipinski definition) is 0. The van der Waals surface area contributed by atoms with Gasteiger partial charge in [-0.15, -0.1) is 0 Å². The summed E-state index contributed by atoms with van der Waals surface area (Å²) in [6.45, 7) is 15.9. The van der Waals surface area contributed by atoms with Crippen LogP contribution in [0.4, 0.5) is 0 Å². The molecule has 1 aromatic carbocycles. The molecule has 3 aliphatic rings. The van der Waals surface area contributed by atoms with Crippen LogP contribution in [0.2, 0.25) is 24.2 Å². The van der Waals surface area contributed by atoms with Gasteiger partial charge in [-0.3, -0.25) is 0 Å². The van der Waals surface area contributed by atoms with Crippen molar-refractivity contribution in [1.29, 1.82) is 0 Å². The molecule has 0 aliphatic heterocycles. The van der Waals surface area contributed by atoms with Crippen molar-refractivity contribution in [2.75, 3.05) is 0 Å². The third-order valence-electron chi connectivity index (χ3n) is 10.1. The van der Waals surface area contributed by atoms with Gasteiger partial charge >= 0.3 is 0 Å². The summed E-state index contributed by atoms with van der Waals surface area (Å²) in [5.41, 5.74) is 3.74. The molecule has 1 aromatic rings. The van der Waals surface area contributed by atoms with E-state index >= 15 is 0 Å². The number of rotatable bonds is 3. The highest BCUT2D eigenvalue weighted by atomic mass is 28.3. The molecule has 0 radical (unpaired) electrons. The van der Waals surface area contributed by atoms with Gasteiger partial charge in [-0.1, -0.05) is 90.4 Å². The van der Waals surface area contributed by atoms with Gasteiger partial charge in [0.05, 0.1) is 8.07 Å². The quantitative estimate of drug-likeness (QED) is 0.465.